The Kier molecular flexibility index (Phi) is 5.07. The van der Waals surface area contributed by atoms with E-state index >= 15 is 0 Å². The summed E-state index contributed by atoms with van der Waals surface area (Å²) in [4.78, 5) is 29.2. The maximum atomic E-state index is 12.1. The molecule has 0 saturated heterocycles. The van der Waals surface area contributed by atoms with Crippen molar-refractivity contribution in [3.8, 4) is 5.75 Å². The number of imidazole rings is 1. The van der Waals surface area contributed by atoms with Crippen LogP contribution >= 0.6 is 11.3 Å². The highest BCUT2D eigenvalue weighted by atomic mass is 32.1. The minimum Gasteiger partial charge on any atom is -0.486 e. The van der Waals surface area contributed by atoms with Gasteiger partial charge in [0.25, 0.3) is 0 Å². The Morgan fingerprint density at radius 3 is 2.82 bits per heavy atom. The summed E-state index contributed by atoms with van der Waals surface area (Å²) in [6, 6.07) is 12.5. The first-order chi connectivity index (χ1) is 13.7. The molecule has 0 aliphatic rings. The van der Waals surface area contributed by atoms with Crippen molar-refractivity contribution >= 4 is 28.1 Å². The molecule has 28 heavy (non-hydrogen) atoms. The summed E-state index contributed by atoms with van der Waals surface area (Å²) in [5, 5.41) is 1.91. The fourth-order valence-corrected chi connectivity index (χ4v) is 3.23. The minimum absolute atomic E-state index is 0.0585. The standard InChI is InChI=1S/C19H16N4O4S/c24-17(10-13-11-23-8-9-28-19(23)20-13)21-22-18(25)16-7-6-15(27-16)12-26-14-4-2-1-3-5-14/h1-9,11H,10,12H2,(H,21,24)(H,22,25). The number of hydrazine groups is 1. The average molecular weight is 396 g/mol. The number of hydrogen-bond donors (Lipinski definition) is 2. The highest BCUT2D eigenvalue weighted by Gasteiger charge is 2.14. The van der Waals surface area contributed by atoms with Gasteiger partial charge in [0, 0.05) is 17.8 Å². The predicted octanol–water partition coefficient (Wildman–Crippen LogP) is 2.57. The first-order valence-electron chi connectivity index (χ1n) is 8.44. The zero-order valence-electron chi connectivity index (χ0n) is 14.6. The smallest absolute Gasteiger partial charge is 0.305 e. The molecule has 0 aliphatic heterocycles. The van der Waals surface area contributed by atoms with Crippen LogP contribution in [0.4, 0.5) is 0 Å². The molecule has 9 heteroatoms. The van der Waals surface area contributed by atoms with E-state index in [1.54, 1.807) is 12.3 Å². The van der Waals surface area contributed by atoms with Crippen molar-refractivity contribution in [2.45, 2.75) is 13.0 Å². The van der Waals surface area contributed by atoms with Crippen LogP contribution in [-0.2, 0) is 17.8 Å². The number of thiazole rings is 1. The van der Waals surface area contributed by atoms with Crippen LogP contribution in [0, 0.1) is 0 Å². The molecule has 0 radical (unpaired) electrons. The van der Waals surface area contributed by atoms with Crippen molar-refractivity contribution in [2.24, 2.45) is 0 Å². The van der Waals surface area contributed by atoms with Crippen LogP contribution in [0.3, 0.4) is 0 Å². The van der Waals surface area contributed by atoms with Gasteiger partial charge in [-0.15, -0.1) is 11.3 Å². The van der Waals surface area contributed by atoms with Crippen LogP contribution in [-0.4, -0.2) is 21.2 Å². The Balaban J connectivity index is 1.26. The summed E-state index contributed by atoms with van der Waals surface area (Å²) in [5.74, 6) is 0.354. The Morgan fingerprint density at radius 1 is 1.14 bits per heavy atom. The number of carbonyl (C=O) groups excluding carboxylic acids is 2. The summed E-state index contributed by atoms with van der Waals surface area (Å²) >= 11 is 1.48. The van der Waals surface area contributed by atoms with Crippen molar-refractivity contribution < 1.29 is 18.7 Å². The number of hydrogen-bond acceptors (Lipinski definition) is 6. The van der Waals surface area contributed by atoms with Crippen LogP contribution in [0.5, 0.6) is 5.75 Å². The molecule has 142 valence electrons. The number of rotatable bonds is 6. The van der Waals surface area contributed by atoms with E-state index in [-0.39, 0.29) is 24.7 Å². The van der Waals surface area contributed by atoms with E-state index in [0.717, 1.165) is 4.96 Å². The molecule has 0 saturated carbocycles. The number of amides is 2. The van der Waals surface area contributed by atoms with E-state index in [1.165, 1.54) is 17.4 Å². The fourth-order valence-electron chi connectivity index (χ4n) is 2.51. The molecule has 4 rings (SSSR count). The lowest BCUT2D eigenvalue weighted by Gasteiger charge is -2.05. The number of para-hydroxylation sites is 1. The maximum Gasteiger partial charge on any atom is 0.305 e. The van der Waals surface area contributed by atoms with Crippen molar-refractivity contribution in [3.05, 3.63) is 77.5 Å². The highest BCUT2D eigenvalue weighted by molar-refractivity contribution is 7.15. The van der Waals surface area contributed by atoms with Crippen molar-refractivity contribution in [1.82, 2.24) is 20.2 Å². The first-order valence-corrected chi connectivity index (χ1v) is 9.32. The van der Waals surface area contributed by atoms with Gasteiger partial charge in [-0.25, -0.2) is 4.98 Å². The molecule has 2 amide bonds. The summed E-state index contributed by atoms with van der Waals surface area (Å²) in [6.45, 7) is 0.196. The summed E-state index contributed by atoms with van der Waals surface area (Å²) in [6.07, 6.45) is 3.70. The molecule has 0 aliphatic carbocycles. The van der Waals surface area contributed by atoms with Crippen LogP contribution in [0.2, 0.25) is 0 Å². The Bertz CT molecular complexity index is 1070. The van der Waals surface area contributed by atoms with E-state index in [4.69, 9.17) is 9.15 Å². The summed E-state index contributed by atoms with van der Waals surface area (Å²) in [7, 11) is 0. The predicted molar refractivity (Wildman–Crippen MR) is 102 cm³/mol. The van der Waals surface area contributed by atoms with Gasteiger partial charge >= 0.3 is 5.91 Å². The topological polar surface area (TPSA) is 97.9 Å². The van der Waals surface area contributed by atoms with Crippen molar-refractivity contribution in [3.63, 3.8) is 0 Å². The zero-order chi connectivity index (χ0) is 19.3. The van der Waals surface area contributed by atoms with E-state index in [0.29, 0.717) is 17.2 Å². The molecule has 8 nitrogen and oxygen atoms in total. The highest BCUT2D eigenvalue weighted by Crippen LogP contribution is 2.14. The monoisotopic (exact) mass is 396 g/mol. The van der Waals surface area contributed by atoms with E-state index < -0.39 is 5.91 Å². The molecule has 0 bridgehead atoms. The van der Waals surface area contributed by atoms with Gasteiger partial charge in [0.1, 0.15) is 18.1 Å². The second-order valence-corrected chi connectivity index (χ2v) is 6.74. The third-order valence-corrected chi connectivity index (χ3v) is 4.58. The lowest BCUT2D eigenvalue weighted by atomic mass is 10.3. The molecule has 0 fully saturated rings. The van der Waals surface area contributed by atoms with E-state index in [1.807, 2.05) is 46.3 Å². The Labute approximate surface area is 163 Å². The number of nitrogens with zero attached hydrogens (tertiary/aromatic N) is 2. The Hall–Kier alpha value is -3.59. The largest absolute Gasteiger partial charge is 0.486 e. The van der Waals surface area contributed by atoms with Gasteiger partial charge in [-0.3, -0.25) is 24.8 Å². The van der Waals surface area contributed by atoms with Gasteiger partial charge in [-0.05, 0) is 24.3 Å². The number of ether oxygens (including phenoxy) is 1. The van der Waals surface area contributed by atoms with E-state index in [9.17, 15) is 9.59 Å². The minimum atomic E-state index is -0.551. The summed E-state index contributed by atoms with van der Waals surface area (Å²) < 4.78 is 12.9. The maximum absolute atomic E-state index is 12.1. The van der Waals surface area contributed by atoms with Gasteiger partial charge in [-0.2, -0.15) is 0 Å². The fraction of sp³-hybridized carbons (Fsp3) is 0.105. The molecule has 0 unspecified atom stereocenters. The number of furan rings is 1. The number of aromatic nitrogens is 2. The lowest BCUT2D eigenvalue weighted by Crippen LogP contribution is -2.42. The molecule has 4 aromatic rings. The van der Waals surface area contributed by atoms with Gasteiger partial charge in [0.15, 0.2) is 10.7 Å². The third kappa shape index (κ3) is 4.21. The van der Waals surface area contributed by atoms with Gasteiger partial charge in [-0.1, -0.05) is 18.2 Å². The SMILES string of the molecule is O=C(Cc1cn2ccsc2n1)NNC(=O)c1ccc(COc2ccccc2)o1. The number of nitrogens with one attached hydrogen (secondary N) is 2. The normalized spacial score (nSPS) is 10.7. The third-order valence-electron chi connectivity index (χ3n) is 3.81. The molecular formula is C19H16N4O4S. The molecular weight excluding hydrogens is 380 g/mol. The average Bonchev–Trinajstić information content (AvgIpc) is 3.41. The van der Waals surface area contributed by atoms with Crippen LogP contribution in [0.1, 0.15) is 22.0 Å². The second kappa shape index (κ2) is 7.97. The van der Waals surface area contributed by atoms with Gasteiger partial charge in [0.05, 0.1) is 12.1 Å². The molecule has 3 aromatic heterocycles. The van der Waals surface area contributed by atoms with Crippen LogP contribution < -0.4 is 15.6 Å². The number of benzene rings is 1. The molecule has 0 spiro atoms. The lowest BCUT2D eigenvalue weighted by molar-refractivity contribution is -0.121. The van der Waals surface area contributed by atoms with Crippen molar-refractivity contribution in [2.75, 3.05) is 0 Å². The zero-order valence-corrected chi connectivity index (χ0v) is 15.4. The molecule has 3 heterocycles. The molecule has 0 atom stereocenters. The molecule has 2 N–H and O–H groups in total. The Morgan fingerprint density at radius 2 is 2.00 bits per heavy atom. The van der Waals surface area contributed by atoms with Crippen molar-refractivity contribution in [1.29, 1.82) is 0 Å². The quantitative estimate of drug-likeness (QED) is 0.488. The summed E-state index contributed by atoms with van der Waals surface area (Å²) in [5.41, 5.74) is 5.31. The van der Waals surface area contributed by atoms with Gasteiger partial charge < -0.3 is 9.15 Å². The molecule has 1 aromatic carbocycles. The first kappa shape index (κ1) is 17.8. The second-order valence-electron chi connectivity index (χ2n) is 5.87. The van der Waals surface area contributed by atoms with Crippen LogP contribution in [0.15, 0.2) is 64.7 Å². The van der Waals surface area contributed by atoms with E-state index in [2.05, 4.69) is 15.8 Å². The van der Waals surface area contributed by atoms with Gasteiger partial charge in [0.2, 0.25) is 5.91 Å². The van der Waals surface area contributed by atoms with Crippen LogP contribution in [0.25, 0.3) is 4.96 Å². The number of carbonyl (C=O) groups is 2. The number of fused-ring (bicyclic) bond motifs is 1.